The van der Waals surface area contributed by atoms with E-state index >= 15 is 0 Å². The highest BCUT2D eigenvalue weighted by atomic mass is 16.4. The summed E-state index contributed by atoms with van der Waals surface area (Å²) in [5.74, 6) is 1.43. The topological polar surface area (TPSA) is 73.4 Å². The molecule has 1 aromatic rings. The zero-order valence-corrected chi connectivity index (χ0v) is 12.6. The van der Waals surface area contributed by atoms with Crippen LogP contribution in [0.4, 0.5) is 10.5 Å². The second-order valence-electron chi connectivity index (χ2n) is 5.78. The Bertz CT molecular complexity index is 459. The van der Waals surface area contributed by atoms with Gasteiger partial charge in [0.25, 0.3) is 0 Å². The predicted octanol–water partition coefficient (Wildman–Crippen LogP) is 2.50. The zero-order valence-electron chi connectivity index (χ0n) is 12.6. The molecule has 0 saturated carbocycles. The monoisotopic (exact) mass is 291 g/mol. The van der Waals surface area contributed by atoms with Crippen molar-refractivity contribution in [2.45, 2.75) is 26.3 Å². The van der Waals surface area contributed by atoms with Crippen molar-refractivity contribution < 1.29 is 9.90 Å². The van der Waals surface area contributed by atoms with Crippen molar-refractivity contribution in [3.05, 3.63) is 29.8 Å². The number of benzene rings is 1. The maximum Gasteiger partial charge on any atom is 0.409 e. The van der Waals surface area contributed by atoms with E-state index in [-0.39, 0.29) is 0 Å². The molecular formula is C16H25N3O2. The number of carbonyl (C=O) groups is 1. The van der Waals surface area contributed by atoms with Crippen LogP contribution in [0, 0.1) is 11.8 Å². The molecule has 116 valence electrons. The number of piperidine rings is 1. The summed E-state index contributed by atoms with van der Waals surface area (Å²) in [5, 5.41) is 18.1. The van der Waals surface area contributed by atoms with Crippen LogP contribution in [-0.4, -0.2) is 30.8 Å². The molecule has 1 aliphatic rings. The third kappa shape index (κ3) is 5.02. The number of hydrogen-bond acceptors (Lipinski definition) is 3. The average Bonchev–Trinajstić information content (AvgIpc) is 2.49. The fourth-order valence-electron chi connectivity index (χ4n) is 2.93. The first kappa shape index (κ1) is 15.8. The number of para-hydroxylation sites is 1. The number of rotatable bonds is 6. The van der Waals surface area contributed by atoms with Crippen molar-refractivity contribution in [2.75, 3.05) is 25.0 Å². The second-order valence-corrected chi connectivity index (χ2v) is 5.78. The molecule has 4 N–H and O–H groups in total. The van der Waals surface area contributed by atoms with Crippen LogP contribution in [-0.2, 0) is 6.54 Å². The zero-order chi connectivity index (χ0) is 15.1. The SMILES string of the molecule is CC(CNCc1ccccc1NC(=O)O)C1CCNCC1. The third-order valence-corrected chi connectivity index (χ3v) is 4.23. The summed E-state index contributed by atoms with van der Waals surface area (Å²) in [5.41, 5.74) is 1.64. The van der Waals surface area contributed by atoms with Crippen LogP contribution in [0.15, 0.2) is 24.3 Å². The first-order valence-corrected chi connectivity index (χ1v) is 7.66. The molecule has 21 heavy (non-hydrogen) atoms. The lowest BCUT2D eigenvalue weighted by Gasteiger charge is -2.28. The van der Waals surface area contributed by atoms with Gasteiger partial charge in [0.1, 0.15) is 0 Å². The molecule has 1 aliphatic heterocycles. The summed E-state index contributed by atoms with van der Waals surface area (Å²) in [7, 11) is 0. The summed E-state index contributed by atoms with van der Waals surface area (Å²) >= 11 is 0. The molecule has 0 spiro atoms. The Balaban J connectivity index is 1.81. The van der Waals surface area contributed by atoms with Gasteiger partial charge in [-0.3, -0.25) is 5.32 Å². The Labute approximate surface area is 126 Å². The lowest BCUT2D eigenvalue weighted by atomic mass is 9.86. The van der Waals surface area contributed by atoms with Gasteiger partial charge in [-0.25, -0.2) is 4.79 Å². The van der Waals surface area contributed by atoms with E-state index in [9.17, 15) is 4.79 Å². The number of nitrogens with one attached hydrogen (secondary N) is 3. The van der Waals surface area contributed by atoms with E-state index in [1.807, 2.05) is 18.2 Å². The molecule has 1 saturated heterocycles. The van der Waals surface area contributed by atoms with Crippen LogP contribution in [0.5, 0.6) is 0 Å². The van der Waals surface area contributed by atoms with Gasteiger partial charge in [-0.2, -0.15) is 0 Å². The van der Waals surface area contributed by atoms with Gasteiger partial charge in [-0.05, 0) is 55.9 Å². The maximum atomic E-state index is 10.8. The van der Waals surface area contributed by atoms with Gasteiger partial charge < -0.3 is 15.7 Å². The number of hydrogen-bond donors (Lipinski definition) is 4. The highest BCUT2D eigenvalue weighted by Crippen LogP contribution is 2.21. The lowest BCUT2D eigenvalue weighted by molar-refractivity contribution is 0.209. The minimum absolute atomic E-state index is 0.645. The van der Waals surface area contributed by atoms with Gasteiger partial charge >= 0.3 is 6.09 Å². The van der Waals surface area contributed by atoms with Crippen LogP contribution in [0.25, 0.3) is 0 Å². The minimum atomic E-state index is -1.02. The van der Waals surface area contributed by atoms with Crippen LogP contribution < -0.4 is 16.0 Å². The van der Waals surface area contributed by atoms with E-state index in [1.165, 1.54) is 12.8 Å². The van der Waals surface area contributed by atoms with Gasteiger partial charge in [-0.15, -0.1) is 0 Å². The lowest BCUT2D eigenvalue weighted by Crippen LogP contribution is -2.34. The molecule has 1 unspecified atom stereocenters. The highest BCUT2D eigenvalue weighted by molar-refractivity contribution is 5.83. The number of anilines is 1. The van der Waals surface area contributed by atoms with Crippen LogP contribution >= 0.6 is 0 Å². The van der Waals surface area contributed by atoms with Gasteiger partial charge in [0.2, 0.25) is 0 Å². The van der Waals surface area contributed by atoms with E-state index in [2.05, 4.69) is 22.9 Å². The fraction of sp³-hybridized carbons (Fsp3) is 0.562. The molecule has 1 heterocycles. The molecule has 0 aromatic heterocycles. The highest BCUT2D eigenvalue weighted by Gasteiger charge is 2.19. The Morgan fingerprint density at radius 3 is 2.81 bits per heavy atom. The van der Waals surface area contributed by atoms with Crippen molar-refractivity contribution in [2.24, 2.45) is 11.8 Å². The Hall–Kier alpha value is -1.59. The molecule has 1 aromatic carbocycles. The summed E-state index contributed by atoms with van der Waals surface area (Å²) in [6, 6.07) is 7.52. The standard InChI is InChI=1S/C16H25N3O2/c1-12(13-6-8-17-9-7-13)10-18-11-14-4-2-3-5-15(14)19-16(20)21/h2-5,12-13,17-19H,6-11H2,1H3,(H,20,21). The van der Waals surface area contributed by atoms with Crippen LogP contribution in [0.2, 0.25) is 0 Å². The largest absolute Gasteiger partial charge is 0.465 e. The van der Waals surface area contributed by atoms with E-state index < -0.39 is 6.09 Å². The van der Waals surface area contributed by atoms with Gasteiger partial charge in [0.15, 0.2) is 0 Å². The summed E-state index contributed by atoms with van der Waals surface area (Å²) in [4.78, 5) is 10.8. The summed E-state index contributed by atoms with van der Waals surface area (Å²) in [6.07, 6.45) is 1.48. The minimum Gasteiger partial charge on any atom is -0.465 e. The van der Waals surface area contributed by atoms with Crippen molar-refractivity contribution in [1.29, 1.82) is 0 Å². The van der Waals surface area contributed by atoms with Crippen molar-refractivity contribution in [3.8, 4) is 0 Å². The molecule has 5 nitrogen and oxygen atoms in total. The first-order chi connectivity index (χ1) is 10.2. The third-order valence-electron chi connectivity index (χ3n) is 4.23. The molecule has 0 bridgehead atoms. The second kappa shape index (κ2) is 8.00. The van der Waals surface area contributed by atoms with E-state index in [1.54, 1.807) is 6.07 Å². The smallest absolute Gasteiger partial charge is 0.409 e. The Kier molecular flexibility index (Phi) is 6.02. The quantitative estimate of drug-likeness (QED) is 0.650. The predicted molar refractivity (Wildman–Crippen MR) is 84.6 cm³/mol. The van der Waals surface area contributed by atoms with E-state index in [0.29, 0.717) is 18.2 Å². The Morgan fingerprint density at radius 1 is 1.38 bits per heavy atom. The van der Waals surface area contributed by atoms with E-state index in [0.717, 1.165) is 31.1 Å². The summed E-state index contributed by atoms with van der Waals surface area (Å²) < 4.78 is 0. The maximum absolute atomic E-state index is 10.8. The number of carboxylic acid groups (broad SMARTS) is 1. The molecule has 1 amide bonds. The normalized spacial score (nSPS) is 17.4. The molecule has 5 heteroatoms. The molecular weight excluding hydrogens is 266 g/mol. The molecule has 0 radical (unpaired) electrons. The molecule has 1 fully saturated rings. The van der Waals surface area contributed by atoms with E-state index in [4.69, 9.17) is 5.11 Å². The van der Waals surface area contributed by atoms with Crippen molar-refractivity contribution in [1.82, 2.24) is 10.6 Å². The van der Waals surface area contributed by atoms with Gasteiger partial charge in [0.05, 0.1) is 0 Å². The van der Waals surface area contributed by atoms with Gasteiger partial charge in [0, 0.05) is 12.2 Å². The molecule has 1 atom stereocenters. The first-order valence-electron chi connectivity index (χ1n) is 7.66. The van der Waals surface area contributed by atoms with Crippen molar-refractivity contribution >= 4 is 11.8 Å². The Morgan fingerprint density at radius 2 is 2.10 bits per heavy atom. The number of amides is 1. The molecule has 0 aliphatic carbocycles. The van der Waals surface area contributed by atoms with Crippen molar-refractivity contribution in [3.63, 3.8) is 0 Å². The van der Waals surface area contributed by atoms with Gasteiger partial charge in [-0.1, -0.05) is 25.1 Å². The average molecular weight is 291 g/mol. The fourth-order valence-corrected chi connectivity index (χ4v) is 2.93. The molecule has 2 rings (SSSR count). The van der Waals surface area contributed by atoms with Crippen LogP contribution in [0.1, 0.15) is 25.3 Å². The van der Waals surface area contributed by atoms with Crippen LogP contribution in [0.3, 0.4) is 0 Å². The summed E-state index contributed by atoms with van der Waals surface area (Å²) in [6.45, 7) is 6.20.